The molecule has 0 spiro atoms. The zero-order chi connectivity index (χ0) is 18.5. The molecule has 1 fully saturated rings. The fourth-order valence-electron chi connectivity index (χ4n) is 2.87. The molecule has 7 heteroatoms. The number of rotatable bonds is 5. The predicted molar refractivity (Wildman–Crippen MR) is 102 cm³/mol. The van der Waals surface area contributed by atoms with Crippen LogP contribution in [0.4, 0.5) is 0 Å². The fourth-order valence-corrected chi connectivity index (χ4v) is 4.24. The number of benzene rings is 1. The molecule has 1 N–H and O–H groups in total. The topological polar surface area (TPSA) is 71.0 Å². The summed E-state index contributed by atoms with van der Waals surface area (Å²) in [5.41, 5.74) is 1.17. The van der Waals surface area contributed by atoms with Crippen LogP contribution in [-0.4, -0.2) is 63.1 Å². The Hall–Kier alpha value is -1.76. The summed E-state index contributed by atoms with van der Waals surface area (Å²) in [7, 11) is -1.39. The number of methoxy groups -OCH3 is 1. The minimum atomic E-state index is -3.05. The van der Waals surface area contributed by atoms with Gasteiger partial charge >= 0.3 is 0 Å². The molecular formula is C18H29N3O3S. The SMILES string of the molecule is CCNC(=NCCc1cccc(OC)c1)N1CCS(=O)(=O)C(C)(C)C1. The smallest absolute Gasteiger partial charge is 0.194 e. The minimum Gasteiger partial charge on any atom is -0.497 e. The third-order valence-corrected chi connectivity index (χ3v) is 7.01. The van der Waals surface area contributed by atoms with E-state index in [1.165, 1.54) is 5.56 Å². The molecule has 0 amide bonds. The van der Waals surface area contributed by atoms with E-state index in [4.69, 9.17) is 9.73 Å². The summed E-state index contributed by atoms with van der Waals surface area (Å²) in [6, 6.07) is 7.97. The summed E-state index contributed by atoms with van der Waals surface area (Å²) in [5, 5.41) is 3.28. The van der Waals surface area contributed by atoms with Crippen molar-refractivity contribution in [2.24, 2.45) is 4.99 Å². The molecular weight excluding hydrogens is 338 g/mol. The van der Waals surface area contributed by atoms with Gasteiger partial charge in [0.25, 0.3) is 0 Å². The lowest BCUT2D eigenvalue weighted by Crippen LogP contribution is -2.57. The maximum atomic E-state index is 12.2. The van der Waals surface area contributed by atoms with Crippen molar-refractivity contribution in [3.05, 3.63) is 29.8 Å². The summed E-state index contributed by atoms with van der Waals surface area (Å²) in [4.78, 5) is 6.75. The van der Waals surface area contributed by atoms with Gasteiger partial charge in [-0.3, -0.25) is 4.99 Å². The van der Waals surface area contributed by atoms with Crippen LogP contribution < -0.4 is 10.1 Å². The van der Waals surface area contributed by atoms with Gasteiger partial charge in [0, 0.05) is 26.2 Å². The van der Waals surface area contributed by atoms with Crippen LogP contribution in [0.15, 0.2) is 29.3 Å². The highest BCUT2D eigenvalue weighted by atomic mass is 32.2. The molecule has 140 valence electrons. The zero-order valence-electron chi connectivity index (χ0n) is 15.6. The Kier molecular flexibility index (Phi) is 6.32. The van der Waals surface area contributed by atoms with Gasteiger partial charge in [0.05, 0.1) is 17.6 Å². The van der Waals surface area contributed by atoms with Gasteiger partial charge in [-0.2, -0.15) is 0 Å². The van der Waals surface area contributed by atoms with Crippen LogP contribution in [0.5, 0.6) is 5.75 Å². The monoisotopic (exact) mass is 367 g/mol. The number of guanidine groups is 1. The molecule has 25 heavy (non-hydrogen) atoms. The normalized spacial score (nSPS) is 19.5. The summed E-state index contributed by atoms with van der Waals surface area (Å²) in [5.74, 6) is 1.80. The largest absolute Gasteiger partial charge is 0.497 e. The molecule has 1 aliphatic heterocycles. The molecule has 1 aromatic rings. The van der Waals surface area contributed by atoms with Crippen molar-refractivity contribution >= 4 is 15.8 Å². The zero-order valence-corrected chi connectivity index (χ0v) is 16.4. The number of hydrogen-bond acceptors (Lipinski definition) is 4. The van der Waals surface area contributed by atoms with E-state index in [0.717, 1.165) is 24.7 Å². The van der Waals surface area contributed by atoms with E-state index < -0.39 is 14.6 Å². The Balaban J connectivity index is 2.05. The highest BCUT2D eigenvalue weighted by Crippen LogP contribution is 2.23. The second-order valence-electron chi connectivity index (χ2n) is 6.84. The van der Waals surface area contributed by atoms with Crippen molar-refractivity contribution in [3.8, 4) is 5.75 Å². The van der Waals surface area contributed by atoms with Crippen molar-refractivity contribution in [2.45, 2.75) is 31.9 Å². The van der Waals surface area contributed by atoms with Crippen LogP contribution in [0.25, 0.3) is 0 Å². The molecule has 6 nitrogen and oxygen atoms in total. The summed E-state index contributed by atoms with van der Waals surface area (Å²) < 4.78 is 28.9. The van der Waals surface area contributed by atoms with E-state index in [1.54, 1.807) is 21.0 Å². The molecule has 0 radical (unpaired) electrons. The van der Waals surface area contributed by atoms with Crippen molar-refractivity contribution in [3.63, 3.8) is 0 Å². The first kappa shape index (κ1) is 19.6. The van der Waals surface area contributed by atoms with Gasteiger partial charge in [-0.15, -0.1) is 0 Å². The summed E-state index contributed by atoms with van der Waals surface area (Å²) in [6.45, 7) is 7.92. The predicted octanol–water partition coefficient (Wildman–Crippen LogP) is 1.71. The highest BCUT2D eigenvalue weighted by Gasteiger charge is 2.40. The average Bonchev–Trinajstić information content (AvgIpc) is 2.57. The van der Waals surface area contributed by atoms with Crippen molar-refractivity contribution in [2.75, 3.05) is 39.0 Å². The Morgan fingerprint density at radius 2 is 2.16 bits per heavy atom. The van der Waals surface area contributed by atoms with Gasteiger partial charge in [-0.25, -0.2) is 8.42 Å². The number of ether oxygens (including phenoxy) is 1. The second kappa shape index (κ2) is 8.08. The van der Waals surface area contributed by atoms with Gasteiger partial charge in [0.2, 0.25) is 0 Å². The third-order valence-electron chi connectivity index (χ3n) is 4.47. The molecule has 0 bridgehead atoms. The second-order valence-corrected chi connectivity index (χ2v) is 9.58. The van der Waals surface area contributed by atoms with Crippen LogP contribution in [0, 0.1) is 0 Å². The van der Waals surface area contributed by atoms with Gasteiger partial charge in [-0.05, 0) is 44.9 Å². The van der Waals surface area contributed by atoms with E-state index in [9.17, 15) is 8.42 Å². The van der Waals surface area contributed by atoms with Crippen LogP contribution in [-0.2, 0) is 16.3 Å². The van der Waals surface area contributed by atoms with Crippen LogP contribution >= 0.6 is 0 Å². The van der Waals surface area contributed by atoms with Crippen LogP contribution in [0.2, 0.25) is 0 Å². The lowest BCUT2D eigenvalue weighted by molar-refractivity contribution is 0.353. The van der Waals surface area contributed by atoms with Gasteiger partial charge in [0.15, 0.2) is 15.8 Å². The molecule has 1 heterocycles. The van der Waals surface area contributed by atoms with Crippen molar-refractivity contribution in [1.29, 1.82) is 0 Å². The number of hydrogen-bond donors (Lipinski definition) is 1. The molecule has 1 saturated heterocycles. The first-order chi connectivity index (χ1) is 11.8. The molecule has 2 rings (SSSR count). The van der Waals surface area contributed by atoms with E-state index in [1.807, 2.05) is 25.1 Å². The van der Waals surface area contributed by atoms with Gasteiger partial charge < -0.3 is 15.0 Å². The Bertz CT molecular complexity index is 714. The molecule has 0 unspecified atom stereocenters. The highest BCUT2D eigenvalue weighted by molar-refractivity contribution is 7.92. The minimum absolute atomic E-state index is 0.167. The van der Waals surface area contributed by atoms with E-state index in [2.05, 4.69) is 16.3 Å². The van der Waals surface area contributed by atoms with Crippen LogP contribution in [0.3, 0.4) is 0 Å². The van der Waals surface area contributed by atoms with Crippen molar-refractivity contribution < 1.29 is 13.2 Å². The molecule has 0 saturated carbocycles. The number of nitrogens with one attached hydrogen (secondary N) is 1. The Morgan fingerprint density at radius 1 is 1.40 bits per heavy atom. The lowest BCUT2D eigenvalue weighted by atomic mass is 10.1. The van der Waals surface area contributed by atoms with Crippen molar-refractivity contribution in [1.82, 2.24) is 10.2 Å². The number of aliphatic imine (C=N–C) groups is 1. The maximum absolute atomic E-state index is 12.2. The molecule has 0 aromatic heterocycles. The molecule has 0 aliphatic carbocycles. The summed E-state index contributed by atoms with van der Waals surface area (Å²) in [6.07, 6.45) is 0.807. The molecule has 1 aliphatic rings. The van der Waals surface area contributed by atoms with Gasteiger partial charge in [0.1, 0.15) is 5.75 Å². The number of sulfone groups is 1. The lowest BCUT2D eigenvalue weighted by Gasteiger charge is -2.39. The Morgan fingerprint density at radius 3 is 2.80 bits per heavy atom. The van der Waals surface area contributed by atoms with E-state index in [-0.39, 0.29) is 5.75 Å². The number of nitrogens with zero attached hydrogens (tertiary/aromatic N) is 2. The first-order valence-electron chi connectivity index (χ1n) is 8.67. The average molecular weight is 368 g/mol. The quantitative estimate of drug-likeness (QED) is 0.634. The van der Waals surface area contributed by atoms with E-state index in [0.29, 0.717) is 19.6 Å². The van der Waals surface area contributed by atoms with E-state index >= 15 is 0 Å². The standard InChI is InChI=1S/C18H29N3O3S/c1-5-19-17(21-11-12-25(22,23)18(2,3)14-21)20-10-9-15-7-6-8-16(13-15)24-4/h6-8,13H,5,9-12,14H2,1-4H3,(H,19,20). The molecule has 1 aromatic carbocycles. The van der Waals surface area contributed by atoms with Gasteiger partial charge in [-0.1, -0.05) is 12.1 Å². The first-order valence-corrected chi connectivity index (χ1v) is 10.3. The summed E-state index contributed by atoms with van der Waals surface area (Å²) >= 11 is 0. The van der Waals surface area contributed by atoms with Crippen LogP contribution in [0.1, 0.15) is 26.3 Å². The maximum Gasteiger partial charge on any atom is 0.194 e. The third kappa shape index (κ3) is 4.87. The fraction of sp³-hybridized carbons (Fsp3) is 0.611. The molecule has 0 atom stereocenters. The Labute approximate surface area is 151 Å².